The molecule has 1 fully saturated rings. The fourth-order valence-corrected chi connectivity index (χ4v) is 3.65. The summed E-state index contributed by atoms with van der Waals surface area (Å²) in [5, 5.41) is 2.93. The predicted molar refractivity (Wildman–Crippen MR) is 116 cm³/mol. The maximum atomic E-state index is 12.9. The Kier molecular flexibility index (Phi) is 5.44. The van der Waals surface area contributed by atoms with E-state index >= 15 is 0 Å². The zero-order chi connectivity index (χ0) is 21.1. The van der Waals surface area contributed by atoms with Crippen molar-refractivity contribution in [2.45, 2.75) is 25.9 Å². The minimum Gasteiger partial charge on any atom is -0.334 e. The second kappa shape index (κ2) is 8.33. The number of nitrogens with one attached hydrogen (secondary N) is 2. The van der Waals surface area contributed by atoms with Crippen molar-refractivity contribution in [3.8, 4) is 0 Å². The van der Waals surface area contributed by atoms with Gasteiger partial charge in [0.15, 0.2) is 6.04 Å². The Hall–Kier alpha value is -3.73. The number of benzene rings is 3. The van der Waals surface area contributed by atoms with Gasteiger partial charge in [-0.15, -0.1) is 10.1 Å². The van der Waals surface area contributed by atoms with Crippen molar-refractivity contribution in [1.82, 2.24) is 10.7 Å². The first kappa shape index (κ1) is 19.6. The maximum Gasteiger partial charge on any atom is 0.304 e. The summed E-state index contributed by atoms with van der Waals surface area (Å²) in [5.74, 6) is -0.509. The average molecular weight is 398 g/mol. The fraction of sp³-hybridized carbons (Fsp3) is 0.160. The third-order valence-corrected chi connectivity index (χ3v) is 5.21. The Labute approximate surface area is 176 Å². The van der Waals surface area contributed by atoms with Gasteiger partial charge in [0.25, 0.3) is 5.91 Å². The van der Waals surface area contributed by atoms with Crippen LogP contribution in [0.2, 0.25) is 0 Å². The Balaban J connectivity index is 1.69. The fourth-order valence-electron chi connectivity index (χ4n) is 3.65. The molecule has 30 heavy (non-hydrogen) atoms. The molecule has 1 saturated heterocycles. The number of hydrazone groups is 1. The first-order valence-electron chi connectivity index (χ1n) is 9.94. The van der Waals surface area contributed by atoms with Crippen LogP contribution in [0.3, 0.4) is 0 Å². The number of carbonyl (C=O) groups is 2. The summed E-state index contributed by atoms with van der Waals surface area (Å²) in [6, 6.07) is 24.0. The Morgan fingerprint density at radius 1 is 0.933 bits per heavy atom. The highest BCUT2D eigenvalue weighted by Gasteiger charge is 2.47. The van der Waals surface area contributed by atoms with Crippen LogP contribution in [0.5, 0.6) is 0 Å². The Morgan fingerprint density at radius 2 is 1.67 bits per heavy atom. The molecule has 0 spiro atoms. The third kappa shape index (κ3) is 4.15. The topological polar surface area (TPSA) is 61.2 Å². The van der Waals surface area contributed by atoms with E-state index in [1.807, 2.05) is 92.9 Å². The second-order valence-corrected chi connectivity index (χ2v) is 7.60. The number of nitrogens with zero attached hydrogens (tertiary/aromatic N) is 1. The molecule has 1 aliphatic heterocycles. The standard InChI is InChI=1S/C25H23N3O2/c1-17-11-13-19(14-12-17)16-28-23(20-8-4-3-5-9-20)22(25(30)27-28)26-24(29)21-10-6-7-18(2)15-21/h3-16,22-23H,1-2H3,(H-,26,27,29,30)/p+1/b28-16-/t22-,23+/m1/s1. The largest absolute Gasteiger partial charge is 0.334 e. The van der Waals surface area contributed by atoms with Crippen molar-refractivity contribution in [3.05, 3.63) is 107 Å². The van der Waals surface area contributed by atoms with Gasteiger partial charge in [-0.1, -0.05) is 65.7 Å². The number of aryl methyl sites for hydroxylation is 2. The average Bonchev–Trinajstić information content (AvgIpc) is 3.05. The monoisotopic (exact) mass is 398 g/mol. The molecule has 3 aromatic carbocycles. The van der Waals surface area contributed by atoms with E-state index in [-0.39, 0.29) is 17.9 Å². The van der Waals surface area contributed by atoms with E-state index in [0.717, 1.165) is 16.7 Å². The van der Waals surface area contributed by atoms with Gasteiger partial charge in [-0.2, -0.15) is 0 Å². The van der Waals surface area contributed by atoms with Crippen molar-refractivity contribution >= 4 is 18.0 Å². The van der Waals surface area contributed by atoms with E-state index in [2.05, 4.69) is 10.7 Å². The summed E-state index contributed by atoms with van der Waals surface area (Å²) in [5.41, 5.74) is 7.51. The highest BCUT2D eigenvalue weighted by atomic mass is 16.2. The molecule has 3 aromatic rings. The zero-order valence-electron chi connectivity index (χ0n) is 17.0. The minimum atomic E-state index is -0.720. The van der Waals surface area contributed by atoms with E-state index in [4.69, 9.17) is 0 Å². The van der Waals surface area contributed by atoms with Crippen LogP contribution < -0.4 is 10.7 Å². The lowest BCUT2D eigenvalue weighted by molar-refractivity contribution is -0.596. The molecule has 5 heteroatoms. The molecule has 5 nitrogen and oxygen atoms in total. The lowest BCUT2D eigenvalue weighted by Gasteiger charge is -2.15. The molecule has 2 amide bonds. The molecule has 0 aliphatic carbocycles. The molecule has 0 aromatic heterocycles. The smallest absolute Gasteiger partial charge is 0.304 e. The number of hydrogen-bond donors (Lipinski definition) is 2. The molecule has 1 heterocycles. The highest BCUT2D eigenvalue weighted by molar-refractivity contribution is 5.98. The summed E-state index contributed by atoms with van der Waals surface area (Å²) >= 11 is 0. The van der Waals surface area contributed by atoms with Crippen LogP contribution in [0.1, 0.15) is 38.7 Å². The van der Waals surface area contributed by atoms with Gasteiger partial charge in [-0.05, 0) is 38.1 Å². The second-order valence-electron chi connectivity index (χ2n) is 7.60. The summed E-state index contributed by atoms with van der Waals surface area (Å²) in [6.07, 6.45) is 1.90. The first-order valence-corrected chi connectivity index (χ1v) is 9.94. The molecule has 2 atom stereocenters. The SMILES string of the molecule is Cc1ccc(/C=[N+]2\NC(=O)[C@H](NC(=O)c3cccc(C)c3)[C@@H]2c2ccccc2)cc1. The predicted octanol–water partition coefficient (Wildman–Crippen LogP) is 3.32. The van der Waals surface area contributed by atoms with Gasteiger partial charge in [0.2, 0.25) is 12.3 Å². The maximum absolute atomic E-state index is 12.9. The van der Waals surface area contributed by atoms with E-state index in [1.165, 1.54) is 5.56 Å². The molecule has 0 bridgehead atoms. The van der Waals surface area contributed by atoms with Gasteiger partial charge in [-0.25, -0.2) is 0 Å². The van der Waals surface area contributed by atoms with Gasteiger partial charge < -0.3 is 5.32 Å². The van der Waals surface area contributed by atoms with Crippen LogP contribution in [-0.2, 0) is 4.79 Å². The summed E-state index contributed by atoms with van der Waals surface area (Å²) < 4.78 is 1.78. The van der Waals surface area contributed by atoms with E-state index < -0.39 is 6.04 Å². The number of hydrazine groups is 1. The van der Waals surface area contributed by atoms with Gasteiger partial charge in [0.1, 0.15) is 0 Å². The van der Waals surface area contributed by atoms with Crippen LogP contribution in [0, 0.1) is 13.8 Å². The van der Waals surface area contributed by atoms with Gasteiger partial charge in [0.05, 0.1) is 0 Å². The van der Waals surface area contributed by atoms with Crippen molar-refractivity contribution in [2.75, 3.05) is 0 Å². The quantitative estimate of drug-likeness (QED) is 0.663. The van der Waals surface area contributed by atoms with E-state index in [1.54, 1.807) is 10.8 Å². The van der Waals surface area contributed by atoms with Crippen molar-refractivity contribution < 1.29 is 14.3 Å². The molecule has 0 radical (unpaired) electrons. The number of amides is 2. The van der Waals surface area contributed by atoms with Crippen LogP contribution in [0.15, 0.2) is 78.9 Å². The lowest BCUT2D eigenvalue weighted by Crippen LogP contribution is -2.42. The van der Waals surface area contributed by atoms with Crippen LogP contribution >= 0.6 is 0 Å². The highest BCUT2D eigenvalue weighted by Crippen LogP contribution is 2.25. The van der Waals surface area contributed by atoms with Crippen molar-refractivity contribution in [1.29, 1.82) is 0 Å². The normalized spacial score (nSPS) is 19.5. The van der Waals surface area contributed by atoms with Gasteiger partial charge in [0, 0.05) is 16.7 Å². The minimum absolute atomic E-state index is 0.242. The van der Waals surface area contributed by atoms with E-state index in [0.29, 0.717) is 5.56 Å². The van der Waals surface area contributed by atoms with E-state index in [9.17, 15) is 9.59 Å². The molecule has 1 aliphatic rings. The molecule has 0 unspecified atom stereocenters. The first-order chi connectivity index (χ1) is 14.5. The summed E-state index contributed by atoms with van der Waals surface area (Å²) in [7, 11) is 0. The molecule has 0 saturated carbocycles. The Morgan fingerprint density at radius 3 is 2.37 bits per heavy atom. The number of carbonyl (C=O) groups excluding carboxylic acids is 2. The van der Waals surface area contributed by atoms with Crippen molar-refractivity contribution in [2.24, 2.45) is 0 Å². The summed E-state index contributed by atoms with van der Waals surface area (Å²) in [4.78, 5) is 25.7. The van der Waals surface area contributed by atoms with Gasteiger partial charge >= 0.3 is 5.91 Å². The number of hydrogen-bond acceptors (Lipinski definition) is 2. The van der Waals surface area contributed by atoms with Crippen LogP contribution in [-0.4, -0.2) is 28.8 Å². The molecular formula is C25H24N3O2+. The molecule has 4 rings (SSSR count). The van der Waals surface area contributed by atoms with Crippen LogP contribution in [0.25, 0.3) is 0 Å². The zero-order valence-corrected chi connectivity index (χ0v) is 17.0. The molecular weight excluding hydrogens is 374 g/mol. The number of rotatable bonds is 4. The summed E-state index contributed by atoms with van der Waals surface area (Å²) in [6.45, 7) is 3.97. The van der Waals surface area contributed by atoms with Gasteiger partial charge in [-0.3, -0.25) is 9.59 Å². The molecule has 2 N–H and O–H groups in total. The van der Waals surface area contributed by atoms with Crippen molar-refractivity contribution in [3.63, 3.8) is 0 Å². The molecule has 150 valence electrons. The third-order valence-electron chi connectivity index (χ3n) is 5.21. The van der Waals surface area contributed by atoms with Crippen LogP contribution in [0.4, 0.5) is 0 Å². The Bertz CT molecular complexity index is 1100. The lowest BCUT2D eigenvalue weighted by atomic mass is 9.99.